The van der Waals surface area contributed by atoms with Crippen LogP contribution in [0.1, 0.15) is 174 Å². The van der Waals surface area contributed by atoms with Crippen molar-refractivity contribution in [1.29, 1.82) is 0 Å². The van der Waals surface area contributed by atoms with E-state index in [9.17, 15) is 74.1 Å². The average Bonchev–Trinajstić information content (AvgIpc) is 1.56. The van der Waals surface area contributed by atoms with Gasteiger partial charge in [-0.25, -0.2) is 9.97 Å². The number of Topliss-reactive ketones (excluding diaryl/α,β-unsaturated/α-hetero) is 3. The lowest BCUT2D eigenvalue weighted by molar-refractivity contribution is -0.159. The third-order valence-corrected chi connectivity index (χ3v) is 22.6. The van der Waals surface area contributed by atoms with E-state index in [2.05, 4.69) is 15.6 Å². The number of allylic oxidation sites excluding steroid dienone is 8. The topological polar surface area (TPSA) is 414 Å². The summed E-state index contributed by atoms with van der Waals surface area (Å²) in [5, 5.41) is 85.3. The number of hydrogen-bond donors (Lipinski definition) is 10. The minimum atomic E-state index is -1.97. The number of phenolic OH excluding ortho intramolecular Hbond substituents is 3. The number of aliphatic hydroxyl groups excluding tert-OH is 4. The van der Waals surface area contributed by atoms with Crippen LogP contribution < -0.4 is 25.8 Å². The Bertz CT molecular complexity index is 5030. The minimum absolute atomic E-state index is 0.0288. The molecule has 604 valence electrons. The fourth-order valence-electron chi connectivity index (χ4n) is 14.9. The largest absolute Gasteiger partial charge is 0.507 e. The Hall–Kier alpha value is -11.0. The number of aryl methyl sites for hydroxylation is 2. The molecule has 3 aromatic heterocycles. The van der Waals surface area contributed by atoms with Crippen LogP contribution in [0.3, 0.4) is 0 Å². The molecule has 0 radical (unpaired) electrons. The van der Waals surface area contributed by atoms with Crippen molar-refractivity contribution in [3.05, 3.63) is 165 Å². The van der Waals surface area contributed by atoms with E-state index in [1.807, 2.05) is 65.8 Å². The highest BCUT2D eigenvalue weighted by molar-refractivity contribution is 6.31. The first kappa shape index (κ1) is 86.0. The average molecular weight is 1560 g/mol. The van der Waals surface area contributed by atoms with Crippen LogP contribution >= 0.6 is 0 Å². The number of nitrogens with one attached hydrogen (secondary N) is 2. The number of nitrogens with zero attached hydrogens (tertiary/aromatic N) is 3. The molecule has 10 bridgehead atoms. The summed E-state index contributed by atoms with van der Waals surface area (Å²) in [4.78, 5) is 115. The van der Waals surface area contributed by atoms with Crippen LogP contribution in [-0.4, -0.2) is 145 Å². The summed E-state index contributed by atoms with van der Waals surface area (Å²) in [6.45, 7) is 33.2. The molecule has 6 aliphatic heterocycles. The lowest BCUT2D eigenvalue weighted by Crippen LogP contribution is -2.45. The number of hydrogen-bond acceptors (Lipinski definition) is 24. The van der Waals surface area contributed by atoms with Crippen LogP contribution in [0.5, 0.6) is 28.7 Å². The highest BCUT2D eigenvalue weighted by Gasteiger charge is 2.53. The predicted molar refractivity (Wildman–Crippen MR) is 423 cm³/mol. The number of nitrogens with two attached hydrogens (primary N) is 1. The summed E-state index contributed by atoms with van der Waals surface area (Å²) in [6, 6.07) is 7.40. The van der Waals surface area contributed by atoms with Gasteiger partial charge in [-0.3, -0.25) is 42.8 Å². The number of nitrogen functional groups attached to an aromatic ring is 1. The van der Waals surface area contributed by atoms with Crippen molar-refractivity contribution in [2.75, 3.05) is 11.1 Å². The van der Waals surface area contributed by atoms with Crippen LogP contribution in [0.4, 0.5) is 11.5 Å². The third kappa shape index (κ3) is 17.2. The molecular formula is C86H104N6O21. The third-order valence-electron chi connectivity index (χ3n) is 22.6. The first-order valence-corrected chi connectivity index (χ1v) is 37.7. The molecule has 0 fully saturated rings. The minimum Gasteiger partial charge on any atom is -0.507 e. The number of carbonyl (C=O) groups excluding carboxylic acids is 8. The van der Waals surface area contributed by atoms with Gasteiger partial charge in [-0.05, 0) is 113 Å². The van der Waals surface area contributed by atoms with Crippen LogP contribution in [0.2, 0.25) is 0 Å². The Labute approximate surface area is 655 Å². The zero-order valence-corrected chi connectivity index (χ0v) is 67.3. The molecule has 27 nitrogen and oxygen atoms in total. The number of carbonyl (C=O) groups is 8. The summed E-state index contributed by atoms with van der Waals surface area (Å²) in [7, 11) is 0. The highest BCUT2D eigenvalue weighted by atomic mass is 16.7. The number of aromatic nitrogens is 3. The van der Waals surface area contributed by atoms with Gasteiger partial charge in [-0.15, -0.1) is 0 Å². The molecule has 1 aliphatic carbocycles. The number of aliphatic hydroxyl groups is 4. The number of benzene rings is 3. The predicted octanol–water partition coefficient (Wildman–Crippen LogP) is 12.0. The quantitative estimate of drug-likeness (QED) is 0.0568. The molecule has 0 saturated carbocycles. The second-order valence-electron chi connectivity index (χ2n) is 31.1. The van der Waals surface area contributed by atoms with E-state index in [1.165, 1.54) is 60.1 Å². The molecule has 113 heavy (non-hydrogen) atoms. The second kappa shape index (κ2) is 34.1. The van der Waals surface area contributed by atoms with Gasteiger partial charge in [0.1, 0.15) is 63.4 Å². The summed E-state index contributed by atoms with van der Waals surface area (Å²) in [5.41, 5.74) is 7.61. The molecule has 0 unspecified atom stereocenters. The Morgan fingerprint density at radius 2 is 1.02 bits per heavy atom. The summed E-state index contributed by atoms with van der Waals surface area (Å²) in [5.74, 6) is -14.9. The van der Waals surface area contributed by atoms with Crippen molar-refractivity contribution in [3.8, 4) is 28.7 Å². The number of fused-ring (bicyclic) bond motifs is 28. The van der Waals surface area contributed by atoms with Gasteiger partial charge in [-0.1, -0.05) is 106 Å². The standard InChI is InChI=1S/C43H51N3O10.C37H45NO11.C6H8N2/c1-19-14-16-46-28(18-19)44-32-29-30-37(50)26(8)40-31(29)41(52)43(10,56-40)54-17-15-20(2)23(5)39(55-27(9)47)25(7)36(49)24(6)35(48)21(3)12-11-13-22(4)42(53)45-33(34(32)46)38(30)51;1-16-13-14-47-37(9)35(45)28-26-25(40)15-24(32(44)27(26)31(43)22(7)34(28)49-37)38-36(46)18(3)12-10-11-17(2)29(41)20(5)30(42)21(6)33(19(16)4)48-23(8)39;1-5-2-3-8-6(7)4-5/h11-18,20-21,23-25,35-36,39,48-51H,1-10H3,(H,45,53);10-17,19-21,29-30,33,41-43H,1-9H3,(H,38,46);2-4H,1H3,(H2,7,8)/b12-11+,17-15+,22-13-;11-10+,14-13+,18-12-;/t20-,21-,23+,24+,25+,35-,36+,39+,43-;16-,17-,19+,20+,21+,29-,30+,33+,37-;/m00./s1. The van der Waals surface area contributed by atoms with Gasteiger partial charge in [0.15, 0.2) is 11.5 Å². The Morgan fingerprint density at radius 1 is 0.549 bits per heavy atom. The van der Waals surface area contributed by atoms with E-state index >= 15 is 0 Å². The first-order valence-electron chi connectivity index (χ1n) is 37.7. The van der Waals surface area contributed by atoms with Gasteiger partial charge in [0.05, 0.1) is 70.3 Å². The summed E-state index contributed by atoms with van der Waals surface area (Å²) < 4.78 is 37.2. The van der Waals surface area contributed by atoms with E-state index in [1.54, 1.807) is 115 Å². The first-order chi connectivity index (χ1) is 52.9. The number of phenols is 3. The maximum atomic E-state index is 14.5. The summed E-state index contributed by atoms with van der Waals surface area (Å²) >= 11 is 0. The number of anilines is 2. The van der Waals surface area contributed by atoms with Gasteiger partial charge in [0, 0.05) is 109 Å². The SMILES string of the molecule is CC(=O)O[C@H]1[C@H](C)[C@H](O)[C@H](C)[C@@H](O)[C@@H](C)/C=C/C=C(/C)C(=O)NC2=CC(=O)c3c(c(O)c(C)c4c3C(=O)[C@@](C)(O/C=C/[C@H](C)[C@H]1C)O4)C2=O.CC(=O)O[C@H]1[C@H](C)[C@H](O)[C@H](C)[C@@H](O)[C@@H](C)/C=C/C=C(/C)C(=O)Nc2c(O)c3c(O)c(C)c4c(c3c3nc5cc(C)ccn5c23)C(=O)[C@@](C)(O/C=C/[C@H](C)[C@H]1C)O4.Cc1ccnc(N)c1. The molecule has 18 atom stereocenters. The van der Waals surface area contributed by atoms with Crippen LogP contribution in [-0.2, 0) is 38.1 Å². The van der Waals surface area contributed by atoms with Crippen molar-refractivity contribution in [2.45, 2.75) is 187 Å². The van der Waals surface area contributed by atoms with E-state index < -0.39 is 148 Å². The maximum absolute atomic E-state index is 14.5. The molecule has 27 heteroatoms. The smallest absolute Gasteiger partial charge is 0.312 e. The molecule has 0 spiro atoms. The lowest BCUT2D eigenvalue weighted by atomic mass is 9.77. The molecule has 13 rings (SSSR count). The maximum Gasteiger partial charge on any atom is 0.312 e. The number of ketones is 4. The fourth-order valence-corrected chi connectivity index (χ4v) is 14.9. The van der Waals surface area contributed by atoms with Gasteiger partial charge >= 0.3 is 23.5 Å². The van der Waals surface area contributed by atoms with E-state index in [0.717, 1.165) is 17.2 Å². The zero-order valence-electron chi connectivity index (χ0n) is 67.3. The Morgan fingerprint density at radius 3 is 1.50 bits per heavy atom. The van der Waals surface area contributed by atoms with Crippen molar-refractivity contribution >= 4 is 85.8 Å². The van der Waals surface area contributed by atoms with Crippen molar-refractivity contribution in [3.63, 3.8) is 0 Å². The van der Waals surface area contributed by atoms with E-state index in [-0.39, 0.29) is 113 Å². The van der Waals surface area contributed by atoms with Crippen LogP contribution in [0, 0.1) is 86.9 Å². The number of rotatable bonds is 2. The normalized spacial score (nSPS) is 31.2. The Balaban J connectivity index is 0.000000237. The molecule has 2 amide bonds. The Kier molecular flexibility index (Phi) is 26.0. The molecule has 3 aromatic carbocycles. The number of aromatic hydroxyl groups is 3. The molecule has 9 heterocycles. The van der Waals surface area contributed by atoms with Crippen molar-refractivity contribution in [1.82, 2.24) is 19.7 Å². The van der Waals surface area contributed by atoms with Gasteiger partial charge in [0.25, 0.3) is 23.4 Å². The zero-order chi connectivity index (χ0) is 83.8. The van der Waals surface area contributed by atoms with Crippen molar-refractivity contribution < 1.29 is 103 Å². The molecule has 0 saturated heterocycles. The van der Waals surface area contributed by atoms with Gasteiger partial charge < -0.3 is 80.5 Å². The molecular weight excluding hydrogens is 1450 g/mol. The lowest BCUT2D eigenvalue weighted by Gasteiger charge is -2.37. The fraction of sp³-hybridized carbons (Fsp3) is 0.442. The van der Waals surface area contributed by atoms with Crippen LogP contribution in [0.15, 0.2) is 121 Å². The van der Waals surface area contributed by atoms with Gasteiger partial charge in [0.2, 0.25) is 5.78 Å². The van der Waals surface area contributed by atoms with Gasteiger partial charge in [-0.2, -0.15) is 0 Å². The molecule has 7 aliphatic rings. The number of ether oxygens (including phenoxy) is 6. The number of imidazole rings is 1. The highest BCUT2D eigenvalue weighted by Crippen LogP contribution is 2.55. The van der Waals surface area contributed by atoms with E-state index in [0.29, 0.717) is 11.5 Å². The number of amides is 2. The van der Waals surface area contributed by atoms with E-state index in [4.69, 9.17) is 39.1 Å². The molecule has 6 aromatic rings. The van der Waals surface area contributed by atoms with Crippen molar-refractivity contribution in [2.24, 2.45) is 59.2 Å². The number of pyridine rings is 2. The monoisotopic (exact) mass is 1560 g/mol. The second-order valence-corrected chi connectivity index (χ2v) is 31.1. The number of esters is 2. The van der Waals surface area contributed by atoms with Crippen LogP contribution in [0.25, 0.3) is 27.5 Å². The summed E-state index contributed by atoms with van der Waals surface area (Å²) in [6.07, 6.45) is 14.2. The molecule has 11 N–H and O–H groups in total.